The average Bonchev–Trinajstić information content (AvgIpc) is 3.24. The van der Waals surface area contributed by atoms with E-state index in [0.717, 1.165) is 28.0 Å². The number of nitriles is 1. The van der Waals surface area contributed by atoms with Crippen LogP contribution in [0.1, 0.15) is 12.1 Å². The highest BCUT2D eigenvalue weighted by Gasteiger charge is 2.50. The van der Waals surface area contributed by atoms with Crippen molar-refractivity contribution in [3.05, 3.63) is 30.5 Å². The lowest BCUT2D eigenvalue weighted by Gasteiger charge is -2.47. The molecule has 0 atom stereocenters. The molecule has 0 bridgehead atoms. The fraction of sp³-hybridized carbons (Fsp3) is 0.375. The van der Waals surface area contributed by atoms with E-state index >= 15 is 0 Å². The zero-order valence-corrected chi connectivity index (χ0v) is 17.4. The van der Waals surface area contributed by atoms with Gasteiger partial charge in [0.1, 0.15) is 21.3 Å². The molecule has 1 aliphatic heterocycles. The van der Waals surface area contributed by atoms with E-state index in [0.29, 0.717) is 0 Å². The maximum Gasteiger partial charge on any atom is 0.223 e. The van der Waals surface area contributed by atoms with Crippen molar-refractivity contribution < 1.29 is 8.42 Å². The van der Waals surface area contributed by atoms with Crippen molar-refractivity contribution in [3.8, 4) is 17.3 Å². The quantitative estimate of drug-likeness (QED) is 0.424. The van der Waals surface area contributed by atoms with Crippen molar-refractivity contribution in [1.82, 2.24) is 29.0 Å². The van der Waals surface area contributed by atoms with Crippen LogP contribution in [0.2, 0.25) is 0 Å². The second kappa shape index (κ2) is 6.54. The van der Waals surface area contributed by atoms with Gasteiger partial charge >= 0.3 is 0 Å². The number of nitrogens with one attached hydrogen (secondary N) is 1. The van der Waals surface area contributed by atoms with Crippen LogP contribution >= 0.6 is 22.6 Å². The third-order valence-electron chi connectivity index (χ3n) is 4.87. The van der Waals surface area contributed by atoms with Crippen LogP contribution in [0, 0.1) is 18.3 Å². The van der Waals surface area contributed by atoms with E-state index in [1.54, 1.807) is 10.9 Å². The highest BCUT2D eigenvalue weighted by atomic mass is 127. The summed E-state index contributed by atoms with van der Waals surface area (Å²) in [6.07, 6.45) is 5.34. The van der Waals surface area contributed by atoms with Gasteiger partial charge in [0.2, 0.25) is 10.0 Å². The molecule has 0 amide bonds. The summed E-state index contributed by atoms with van der Waals surface area (Å²) >= 11 is 1.84. The first-order valence-corrected chi connectivity index (χ1v) is 11.3. The van der Waals surface area contributed by atoms with E-state index in [9.17, 15) is 13.7 Å². The highest BCUT2D eigenvalue weighted by molar-refractivity contribution is 14.1. The number of aryl methyl sites for hydroxylation is 1. The van der Waals surface area contributed by atoms with Gasteiger partial charge in [-0.15, -0.1) is 0 Å². The number of alkyl halides is 1. The molecule has 0 unspecified atom stereocenters. The molecular formula is C16H16IN7O2S. The summed E-state index contributed by atoms with van der Waals surface area (Å²) in [6, 6.07) is 4.09. The van der Waals surface area contributed by atoms with Crippen LogP contribution in [0.15, 0.2) is 24.8 Å². The molecule has 4 heterocycles. The van der Waals surface area contributed by atoms with Gasteiger partial charge in [0.25, 0.3) is 0 Å². The molecule has 1 fully saturated rings. The van der Waals surface area contributed by atoms with E-state index in [1.165, 1.54) is 10.6 Å². The zero-order chi connectivity index (χ0) is 19.2. The molecule has 0 aliphatic carbocycles. The first kappa shape index (κ1) is 18.3. The van der Waals surface area contributed by atoms with Crippen LogP contribution in [0.3, 0.4) is 0 Å². The summed E-state index contributed by atoms with van der Waals surface area (Å²) in [5.74, 6) is 0. The van der Waals surface area contributed by atoms with Gasteiger partial charge in [0, 0.05) is 36.4 Å². The number of hydrogen-bond donors (Lipinski definition) is 1. The number of H-pyrrole nitrogens is 1. The first-order chi connectivity index (χ1) is 12.9. The molecule has 27 heavy (non-hydrogen) atoms. The summed E-state index contributed by atoms with van der Waals surface area (Å²) < 4.78 is 27.4. The normalized spacial score (nSPS) is 16.9. The van der Waals surface area contributed by atoms with Gasteiger partial charge in [0.15, 0.2) is 0 Å². The first-order valence-electron chi connectivity index (χ1n) is 8.16. The molecule has 0 aromatic carbocycles. The molecule has 0 saturated carbocycles. The summed E-state index contributed by atoms with van der Waals surface area (Å²) in [7, 11) is -3.29. The number of halogens is 1. The topological polar surface area (TPSA) is 121 Å². The Bertz CT molecular complexity index is 1160. The molecule has 4 rings (SSSR count). The molecule has 0 radical (unpaired) electrons. The van der Waals surface area contributed by atoms with Crippen molar-refractivity contribution in [1.29, 1.82) is 5.26 Å². The van der Waals surface area contributed by atoms with Crippen molar-refractivity contribution in [2.75, 3.05) is 16.8 Å². The Balaban J connectivity index is 1.74. The number of fused-ring (bicyclic) bond motifs is 1. The molecule has 1 N–H and O–H groups in total. The Morgan fingerprint density at radius 2 is 2.19 bits per heavy atom. The summed E-state index contributed by atoms with van der Waals surface area (Å²) in [4.78, 5) is 11.7. The van der Waals surface area contributed by atoms with E-state index < -0.39 is 15.6 Å². The third kappa shape index (κ3) is 2.91. The molecule has 1 aliphatic rings. The minimum Gasteiger partial charge on any atom is -0.346 e. The third-order valence-corrected chi connectivity index (χ3v) is 8.56. The number of nitrogens with zero attached hydrogens (tertiary/aromatic N) is 6. The predicted octanol–water partition coefficient (Wildman–Crippen LogP) is 1.78. The van der Waals surface area contributed by atoms with Crippen LogP contribution < -0.4 is 0 Å². The van der Waals surface area contributed by atoms with E-state index in [4.69, 9.17) is 0 Å². The molecule has 3 aromatic heterocycles. The lowest BCUT2D eigenvalue weighted by molar-refractivity contribution is 0.0720. The van der Waals surface area contributed by atoms with Crippen LogP contribution in [0.4, 0.5) is 0 Å². The molecular weight excluding hydrogens is 481 g/mol. The average molecular weight is 497 g/mol. The Kier molecular flexibility index (Phi) is 4.44. The van der Waals surface area contributed by atoms with Gasteiger partial charge in [-0.3, -0.25) is 4.68 Å². The minimum atomic E-state index is -3.29. The van der Waals surface area contributed by atoms with Gasteiger partial charge in [0.05, 0.1) is 23.9 Å². The Morgan fingerprint density at radius 1 is 1.41 bits per heavy atom. The number of rotatable bonds is 5. The van der Waals surface area contributed by atoms with Crippen LogP contribution in [0.25, 0.3) is 22.3 Å². The maximum absolute atomic E-state index is 12.1. The monoisotopic (exact) mass is 497 g/mol. The molecule has 1 saturated heterocycles. The van der Waals surface area contributed by atoms with Gasteiger partial charge < -0.3 is 4.98 Å². The fourth-order valence-electron chi connectivity index (χ4n) is 3.38. The van der Waals surface area contributed by atoms with Gasteiger partial charge in [-0.1, -0.05) is 22.6 Å². The van der Waals surface area contributed by atoms with Crippen LogP contribution in [-0.2, 0) is 15.6 Å². The van der Waals surface area contributed by atoms with Crippen molar-refractivity contribution in [2.45, 2.75) is 18.9 Å². The standard InChI is InChI=1S/C16H16IN7O2S/c1-11-13(14-12-2-5-19-15(12)21-10-20-14)6-24(22-11)16(3-4-18)7-23(8-16)27(25,26)9-17/h2,5-6,10H,3,7-9H2,1H3,(H,19,20,21). The summed E-state index contributed by atoms with van der Waals surface area (Å²) in [6.45, 7) is 2.37. The van der Waals surface area contributed by atoms with Crippen molar-refractivity contribution in [3.63, 3.8) is 0 Å². The summed E-state index contributed by atoms with van der Waals surface area (Å²) in [5, 5.41) is 14.8. The number of aromatic nitrogens is 5. The zero-order valence-electron chi connectivity index (χ0n) is 14.4. The molecule has 140 valence electrons. The van der Waals surface area contributed by atoms with Gasteiger partial charge in [-0.05, 0) is 13.0 Å². The largest absolute Gasteiger partial charge is 0.346 e. The molecule has 3 aromatic rings. The van der Waals surface area contributed by atoms with E-state index in [1.807, 2.05) is 41.8 Å². The van der Waals surface area contributed by atoms with Gasteiger partial charge in [-0.2, -0.15) is 14.7 Å². The van der Waals surface area contributed by atoms with Gasteiger partial charge in [-0.25, -0.2) is 18.4 Å². The number of sulfonamides is 1. The predicted molar refractivity (Wildman–Crippen MR) is 107 cm³/mol. The van der Waals surface area contributed by atoms with Crippen molar-refractivity contribution >= 4 is 43.6 Å². The highest BCUT2D eigenvalue weighted by Crippen LogP contribution is 2.37. The van der Waals surface area contributed by atoms with Crippen LogP contribution in [0.5, 0.6) is 0 Å². The lowest BCUT2D eigenvalue weighted by Crippen LogP contribution is -2.64. The minimum absolute atomic E-state index is 0.0170. The number of hydrogen-bond acceptors (Lipinski definition) is 6. The molecule has 9 nitrogen and oxygen atoms in total. The lowest BCUT2D eigenvalue weighted by atomic mass is 9.89. The SMILES string of the molecule is Cc1nn(C2(CC#N)CN(S(=O)(=O)CI)C2)cc1-c1ncnc2[nH]ccc12. The number of aromatic amines is 1. The fourth-order valence-corrected chi connectivity index (χ4v) is 5.58. The Morgan fingerprint density at radius 3 is 2.89 bits per heavy atom. The van der Waals surface area contributed by atoms with Crippen LogP contribution in [-0.4, -0.2) is 54.3 Å². The maximum atomic E-state index is 12.1. The van der Waals surface area contributed by atoms with E-state index in [-0.39, 0.29) is 23.3 Å². The van der Waals surface area contributed by atoms with E-state index in [2.05, 4.69) is 26.1 Å². The second-order valence-corrected chi connectivity index (χ2v) is 10.4. The summed E-state index contributed by atoms with van der Waals surface area (Å²) in [5.41, 5.74) is 2.45. The Hall–Kier alpha value is -2.04. The van der Waals surface area contributed by atoms with Crippen molar-refractivity contribution in [2.24, 2.45) is 0 Å². The molecule has 0 spiro atoms. The molecule has 11 heteroatoms. The Labute approximate surface area is 169 Å². The smallest absolute Gasteiger partial charge is 0.223 e. The second-order valence-electron chi connectivity index (χ2n) is 6.58.